The summed E-state index contributed by atoms with van der Waals surface area (Å²) in [6, 6.07) is 5.40. The minimum Gasteiger partial charge on any atom is -0.345 e. The van der Waals surface area contributed by atoms with Gasteiger partial charge in [-0.2, -0.15) is 13.2 Å². The third-order valence-corrected chi connectivity index (χ3v) is 5.75. The summed E-state index contributed by atoms with van der Waals surface area (Å²) in [5.41, 5.74) is 2.69. The fraction of sp³-hybridized carbons (Fsp3) is 0.556. The molecule has 1 saturated heterocycles. The number of halogens is 3. The molecule has 2 aliphatic rings. The largest absolute Gasteiger partial charge is 0.405 e. The zero-order valence-electron chi connectivity index (χ0n) is 14.3. The number of nitrogens with zero attached hydrogens (tertiary/aromatic N) is 1. The van der Waals surface area contributed by atoms with Gasteiger partial charge in [-0.1, -0.05) is 6.07 Å². The second-order valence-corrected chi connectivity index (χ2v) is 7.70. The van der Waals surface area contributed by atoms with Crippen LogP contribution in [0.1, 0.15) is 30.4 Å². The van der Waals surface area contributed by atoms with Gasteiger partial charge in [0, 0.05) is 11.4 Å². The van der Waals surface area contributed by atoms with Gasteiger partial charge in [0.1, 0.15) is 12.6 Å². The molecule has 2 amide bonds. The number of hydrogen-bond acceptors (Lipinski definition) is 3. The highest BCUT2D eigenvalue weighted by molar-refractivity contribution is 8.00. The highest BCUT2D eigenvalue weighted by atomic mass is 32.2. The van der Waals surface area contributed by atoms with Crippen LogP contribution in [0.5, 0.6) is 0 Å². The molecule has 1 atom stereocenters. The molecular weight excluding hydrogens is 365 g/mol. The number of fused-ring (bicyclic) bond motifs is 1. The molecule has 4 nitrogen and oxygen atoms in total. The Morgan fingerprint density at radius 3 is 2.73 bits per heavy atom. The number of likely N-dealkylation sites (tertiary alicyclic amines) is 1. The number of benzene rings is 1. The Bertz CT molecular complexity index is 694. The highest BCUT2D eigenvalue weighted by Crippen LogP contribution is 2.28. The van der Waals surface area contributed by atoms with Gasteiger partial charge in [0.15, 0.2) is 0 Å². The topological polar surface area (TPSA) is 49.4 Å². The van der Waals surface area contributed by atoms with Crippen molar-refractivity contribution in [2.45, 2.75) is 49.2 Å². The lowest BCUT2D eigenvalue weighted by Crippen LogP contribution is -2.48. The second kappa shape index (κ2) is 7.90. The van der Waals surface area contributed by atoms with Crippen LogP contribution in [-0.2, 0) is 22.4 Å². The number of aryl methyl sites for hydroxylation is 2. The monoisotopic (exact) mass is 386 g/mol. The fourth-order valence-corrected chi connectivity index (χ4v) is 4.35. The minimum absolute atomic E-state index is 0.182. The first-order valence-corrected chi connectivity index (χ1v) is 9.70. The summed E-state index contributed by atoms with van der Waals surface area (Å²) in [7, 11) is 0. The fourth-order valence-electron chi connectivity index (χ4n) is 3.51. The van der Waals surface area contributed by atoms with E-state index in [9.17, 15) is 22.8 Å². The maximum atomic E-state index is 12.5. The normalized spacial score (nSPS) is 19.5. The molecule has 0 saturated carbocycles. The number of nitrogens with one attached hydrogen (secondary N) is 1. The van der Waals surface area contributed by atoms with Gasteiger partial charge in [-0.05, 0) is 55.4 Å². The second-order valence-electron chi connectivity index (χ2n) is 6.65. The third kappa shape index (κ3) is 4.72. The van der Waals surface area contributed by atoms with Gasteiger partial charge in [0.2, 0.25) is 11.8 Å². The molecule has 1 heterocycles. The van der Waals surface area contributed by atoms with Crippen molar-refractivity contribution in [1.82, 2.24) is 10.2 Å². The quantitative estimate of drug-likeness (QED) is 0.792. The van der Waals surface area contributed by atoms with E-state index in [4.69, 9.17) is 0 Å². The van der Waals surface area contributed by atoms with E-state index in [2.05, 4.69) is 12.1 Å². The number of thioether (sulfide) groups is 1. The van der Waals surface area contributed by atoms with Crippen molar-refractivity contribution in [2.24, 2.45) is 0 Å². The molecule has 0 aromatic heterocycles. The van der Waals surface area contributed by atoms with Crippen LogP contribution >= 0.6 is 11.8 Å². The van der Waals surface area contributed by atoms with Gasteiger partial charge in [-0.25, -0.2) is 0 Å². The number of rotatable bonds is 5. The lowest BCUT2D eigenvalue weighted by Gasteiger charge is -2.24. The third-order valence-electron chi connectivity index (χ3n) is 4.77. The van der Waals surface area contributed by atoms with Gasteiger partial charge in [-0.15, -0.1) is 11.8 Å². The number of alkyl halides is 3. The first-order chi connectivity index (χ1) is 12.3. The molecule has 1 aliphatic heterocycles. The molecule has 0 bridgehead atoms. The number of hydrogen-bond donors (Lipinski definition) is 1. The van der Waals surface area contributed by atoms with Crippen molar-refractivity contribution >= 4 is 23.6 Å². The molecule has 0 spiro atoms. The molecule has 1 aromatic carbocycles. The smallest absolute Gasteiger partial charge is 0.345 e. The van der Waals surface area contributed by atoms with Crippen LogP contribution in [-0.4, -0.2) is 47.8 Å². The molecule has 26 heavy (non-hydrogen) atoms. The van der Waals surface area contributed by atoms with Crippen LogP contribution in [0, 0.1) is 0 Å². The van der Waals surface area contributed by atoms with Crippen molar-refractivity contribution < 1.29 is 22.8 Å². The van der Waals surface area contributed by atoms with Gasteiger partial charge < -0.3 is 10.2 Å². The Labute approximate surface area is 154 Å². The number of carbonyl (C=O) groups is 2. The van der Waals surface area contributed by atoms with Crippen molar-refractivity contribution in [3.05, 3.63) is 29.3 Å². The Morgan fingerprint density at radius 2 is 1.96 bits per heavy atom. The van der Waals surface area contributed by atoms with E-state index in [1.54, 1.807) is 0 Å². The first kappa shape index (κ1) is 19.1. The van der Waals surface area contributed by atoms with Crippen molar-refractivity contribution in [2.75, 3.05) is 18.8 Å². The van der Waals surface area contributed by atoms with Crippen molar-refractivity contribution in [1.29, 1.82) is 0 Å². The van der Waals surface area contributed by atoms with E-state index in [1.807, 2.05) is 11.4 Å². The van der Waals surface area contributed by atoms with Gasteiger partial charge in [0.05, 0.1) is 5.75 Å². The highest BCUT2D eigenvalue weighted by Gasteiger charge is 2.36. The van der Waals surface area contributed by atoms with E-state index in [-0.39, 0.29) is 11.7 Å². The summed E-state index contributed by atoms with van der Waals surface area (Å²) < 4.78 is 36.8. The predicted octanol–water partition coefficient (Wildman–Crippen LogP) is 2.94. The molecular formula is C18H21F3N2O2S. The zero-order chi connectivity index (χ0) is 18.7. The lowest BCUT2D eigenvalue weighted by atomic mass is 10.1. The van der Waals surface area contributed by atoms with Gasteiger partial charge in [0.25, 0.3) is 0 Å². The van der Waals surface area contributed by atoms with Crippen molar-refractivity contribution in [3.8, 4) is 0 Å². The van der Waals surface area contributed by atoms with Crippen LogP contribution in [0.25, 0.3) is 0 Å². The van der Waals surface area contributed by atoms with Crippen LogP contribution in [0.3, 0.4) is 0 Å². The summed E-state index contributed by atoms with van der Waals surface area (Å²) in [5, 5.41) is 1.89. The van der Waals surface area contributed by atoms with Crippen LogP contribution in [0.15, 0.2) is 23.1 Å². The molecule has 1 fully saturated rings. The Hall–Kier alpha value is -1.70. The summed E-state index contributed by atoms with van der Waals surface area (Å²) in [6.07, 6.45) is -0.108. The molecule has 1 unspecified atom stereocenters. The summed E-state index contributed by atoms with van der Waals surface area (Å²) in [6.45, 7) is -0.956. The van der Waals surface area contributed by atoms with E-state index in [0.717, 1.165) is 24.2 Å². The molecule has 8 heteroatoms. The molecule has 1 aromatic rings. The first-order valence-electron chi connectivity index (χ1n) is 8.72. The van der Waals surface area contributed by atoms with Crippen molar-refractivity contribution in [3.63, 3.8) is 0 Å². The summed E-state index contributed by atoms with van der Waals surface area (Å²) >= 11 is 1.41. The molecule has 3 rings (SSSR count). The maximum absolute atomic E-state index is 12.5. The Kier molecular flexibility index (Phi) is 5.79. The maximum Gasteiger partial charge on any atom is 0.405 e. The van der Waals surface area contributed by atoms with Crippen LogP contribution in [0.2, 0.25) is 0 Å². The van der Waals surface area contributed by atoms with E-state index in [1.165, 1.54) is 27.8 Å². The molecule has 1 N–H and O–H groups in total. The minimum atomic E-state index is -4.45. The SMILES string of the molecule is O=C(NCC(F)(F)F)C1CCCN1C(=O)CSc1ccc2c(c1)CCC2. The van der Waals surface area contributed by atoms with Gasteiger partial charge >= 0.3 is 6.18 Å². The standard InChI is InChI=1S/C18H21F3N2O2S/c19-18(20,21)11-22-17(25)15-5-2-8-23(15)16(24)10-26-14-7-6-12-3-1-4-13(12)9-14/h6-7,9,15H,1-5,8,10-11H2,(H,22,25). The Morgan fingerprint density at radius 1 is 1.19 bits per heavy atom. The van der Waals surface area contributed by atoms with E-state index in [0.29, 0.717) is 19.4 Å². The number of carbonyl (C=O) groups excluding carboxylic acids is 2. The molecule has 142 valence electrons. The van der Waals surface area contributed by atoms with E-state index < -0.39 is 24.7 Å². The van der Waals surface area contributed by atoms with Crippen LogP contribution in [0.4, 0.5) is 13.2 Å². The average Bonchev–Trinajstić information content (AvgIpc) is 3.25. The summed E-state index contributed by atoms with van der Waals surface area (Å²) in [4.78, 5) is 26.9. The molecule has 0 radical (unpaired) electrons. The predicted molar refractivity (Wildman–Crippen MR) is 93.0 cm³/mol. The molecule has 1 aliphatic carbocycles. The van der Waals surface area contributed by atoms with E-state index >= 15 is 0 Å². The van der Waals surface area contributed by atoms with Gasteiger partial charge in [-0.3, -0.25) is 9.59 Å². The number of amides is 2. The Balaban J connectivity index is 1.54. The van der Waals surface area contributed by atoms with Crippen LogP contribution < -0.4 is 5.32 Å². The summed E-state index contributed by atoms with van der Waals surface area (Å²) in [5.74, 6) is -0.752. The lowest BCUT2D eigenvalue weighted by molar-refractivity contribution is -0.144. The zero-order valence-corrected chi connectivity index (χ0v) is 15.1. The average molecular weight is 386 g/mol.